The van der Waals surface area contributed by atoms with Crippen LogP contribution in [0, 0.1) is 0 Å². The minimum atomic E-state index is 0.841. The van der Waals surface area contributed by atoms with Crippen molar-refractivity contribution in [2.75, 3.05) is 0 Å². The van der Waals surface area contributed by atoms with Gasteiger partial charge >= 0.3 is 0 Å². The molecule has 4 rings (SSSR count). The second kappa shape index (κ2) is 3.40. The topological polar surface area (TPSA) is 58.9 Å². The van der Waals surface area contributed by atoms with E-state index in [0.717, 1.165) is 27.9 Å². The molecule has 5 nitrogen and oxygen atoms in total. The molecule has 0 saturated carbocycles. The van der Waals surface area contributed by atoms with Crippen molar-refractivity contribution in [3.8, 4) is 11.3 Å². The number of nitrogens with zero attached hydrogens (tertiary/aromatic N) is 4. The van der Waals surface area contributed by atoms with Gasteiger partial charge in [-0.1, -0.05) is 0 Å². The van der Waals surface area contributed by atoms with Crippen LogP contribution < -0.4 is 0 Å². The summed E-state index contributed by atoms with van der Waals surface area (Å²) in [6, 6.07) is 7.80. The molecule has 0 aromatic carbocycles. The summed E-state index contributed by atoms with van der Waals surface area (Å²) in [5.74, 6) is 0. The van der Waals surface area contributed by atoms with Gasteiger partial charge in [0.05, 0.1) is 11.9 Å². The lowest BCUT2D eigenvalue weighted by Gasteiger charge is -1.97. The maximum atomic E-state index is 4.57. The average molecular weight is 235 g/mol. The van der Waals surface area contributed by atoms with Crippen LogP contribution in [0.15, 0.2) is 49.1 Å². The number of aromatic nitrogens is 5. The third kappa shape index (κ3) is 1.24. The van der Waals surface area contributed by atoms with Crippen LogP contribution in [0.2, 0.25) is 0 Å². The molecule has 0 aliphatic carbocycles. The van der Waals surface area contributed by atoms with Crippen LogP contribution in [-0.4, -0.2) is 24.6 Å². The Morgan fingerprint density at radius 3 is 3.06 bits per heavy atom. The molecule has 86 valence electrons. The fourth-order valence-corrected chi connectivity index (χ4v) is 2.15. The number of pyridine rings is 1. The smallest absolute Gasteiger partial charge is 0.154 e. The quantitative estimate of drug-likeness (QED) is 0.550. The number of imidazole rings is 1. The number of hydrogen-bond acceptors (Lipinski definition) is 3. The Morgan fingerprint density at radius 1 is 1.11 bits per heavy atom. The second-order valence-electron chi connectivity index (χ2n) is 4.05. The first-order valence-electron chi connectivity index (χ1n) is 5.65. The Morgan fingerprint density at radius 2 is 2.11 bits per heavy atom. The van der Waals surface area contributed by atoms with Gasteiger partial charge in [0, 0.05) is 29.5 Å². The molecule has 0 fully saturated rings. The largest absolute Gasteiger partial charge is 0.346 e. The van der Waals surface area contributed by atoms with Gasteiger partial charge in [-0.15, -0.1) is 0 Å². The summed E-state index contributed by atoms with van der Waals surface area (Å²) in [7, 11) is 0. The van der Waals surface area contributed by atoms with Gasteiger partial charge < -0.3 is 4.98 Å². The zero-order chi connectivity index (χ0) is 11.9. The number of H-pyrrole nitrogens is 1. The third-order valence-corrected chi connectivity index (χ3v) is 2.97. The molecule has 1 N–H and O–H groups in total. The molecule has 18 heavy (non-hydrogen) atoms. The van der Waals surface area contributed by atoms with E-state index < -0.39 is 0 Å². The van der Waals surface area contributed by atoms with Gasteiger partial charge in [0.1, 0.15) is 5.65 Å². The zero-order valence-electron chi connectivity index (χ0n) is 9.41. The first kappa shape index (κ1) is 9.35. The summed E-state index contributed by atoms with van der Waals surface area (Å²) in [5, 5.41) is 5.30. The number of rotatable bonds is 1. The summed E-state index contributed by atoms with van der Waals surface area (Å²) in [6.07, 6.45) is 7.34. The predicted molar refractivity (Wildman–Crippen MR) is 68.1 cm³/mol. The minimum Gasteiger partial charge on any atom is -0.346 e. The Balaban J connectivity index is 2.04. The van der Waals surface area contributed by atoms with Gasteiger partial charge in [0.2, 0.25) is 0 Å². The van der Waals surface area contributed by atoms with E-state index in [9.17, 15) is 0 Å². The van der Waals surface area contributed by atoms with Crippen molar-refractivity contribution in [1.29, 1.82) is 0 Å². The normalized spacial score (nSPS) is 11.3. The molecule has 0 saturated heterocycles. The first-order chi connectivity index (χ1) is 8.92. The van der Waals surface area contributed by atoms with E-state index in [0.29, 0.717) is 0 Å². The number of hydrogen-bond donors (Lipinski definition) is 1. The predicted octanol–water partition coefficient (Wildman–Crippen LogP) is 2.27. The first-order valence-corrected chi connectivity index (χ1v) is 5.65. The molecule has 0 spiro atoms. The molecule has 0 aliphatic heterocycles. The van der Waals surface area contributed by atoms with E-state index >= 15 is 0 Å². The minimum absolute atomic E-state index is 0.841. The lowest BCUT2D eigenvalue weighted by Crippen LogP contribution is -1.85. The van der Waals surface area contributed by atoms with Gasteiger partial charge in [0.25, 0.3) is 0 Å². The van der Waals surface area contributed by atoms with E-state index in [-0.39, 0.29) is 0 Å². The SMILES string of the molecule is c1cnn2cc(-c3ccnc4[nH]ccc34)nc2c1. The number of fused-ring (bicyclic) bond motifs is 2. The maximum Gasteiger partial charge on any atom is 0.154 e. The fourth-order valence-electron chi connectivity index (χ4n) is 2.15. The Bertz CT molecular complexity index is 809. The standard InChI is InChI=1S/C13H9N5/c1-2-12-17-11(8-18(12)16-5-1)9-3-6-14-13-10(9)4-7-15-13/h1-8H,(H,14,15). The van der Waals surface area contributed by atoms with Crippen LogP contribution in [0.25, 0.3) is 27.9 Å². The van der Waals surface area contributed by atoms with E-state index in [4.69, 9.17) is 0 Å². The molecule has 0 radical (unpaired) electrons. The molecule has 5 heteroatoms. The van der Waals surface area contributed by atoms with Gasteiger partial charge in [-0.05, 0) is 24.3 Å². The van der Waals surface area contributed by atoms with Gasteiger partial charge in [-0.3, -0.25) is 0 Å². The van der Waals surface area contributed by atoms with Crippen molar-refractivity contribution in [3.05, 3.63) is 49.1 Å². The molecule has 4 aromatic rings. The summed E-state index contributed by atoms with van der Waals surface area (Å²) in [5.41, 5.74) is 3.68. The lowest BCUT2D eigenvalue weighted by molar-refractivity contribution is 0.936. The van der Waals surface area contributed by atoms with Crippen molar-refractivity contribution < 1.29 is 0 Å². The van der Waals surface area contributed by atoms with Crippen molar-refractivity contribution in [2.45, 2.75) is 0 Å². The van der Waals surface area contributed by atoms with Crippen LogP contribution in [0.1, 0.15) is 0 Å². The molecule has 0 bridgehead atoms. The van der Waals surface area contributed by atoms with Crippen molar-refractivity contribution in [1.82, 2.24) is 24.6 Å². The van der Waals surface area contributed by atoms with E-state index in [1.807, 2.05) is 36.7 Å². The van der Waals surface area contributed by atoms with Gasteiger partial charge in [0.15, 0.2) is 5.65 Å². The van der Waals surface area contributed by atoms with Crippen LogP contribution in [0.5, 0.6) is 0 Å². The van der Waals surface area contributed by atoms with Crippen LogP contribution in [0.4, 0.5) is 0 Å². The summed E-state index contributed by atoms with van der Waals surface area (Å²) < 4.78 is 1.77. The molecular weight excluding hydrogens is 226 g/mol. The molecular formula is C13H9N5. The average Bonchev–Trinajstić information content (AvgIpc) is 3.04. The highest BCUT2D eigenvalue weighted by molar-refractivity contribution is 5.91. The van der Waals surface area contributed by atoms with E-state index in [1.165, 1.54) is 0 Å². The number of aromatic amines is 1. The van der Waals surface area contributed by atoms with E-state index in [1.54, 1.807) is 16.9 Å². The molecule has 0 unspecified atom stereocenters. The second-order valence-corrected chi connectivity index (χ2v) is 4.05. The molecule has 0 atom stereocenters. The summed E-state index contributed by atoms with van der Waals surface area (Å²) in [6.45, 7) is 0. The maximum absolute atomic E-state index is 4.57. The number of nitrogens with one attached hydrogen (secondary N) is 1. The zero-order valence-corrected chi connectivity index (χ0v) is 9.41. The summed E-state index contributed by atoms with van der Waals surface area (Å²) >= 11 is 0. The Kier molecular flexibility index (Phi) is 1.77. The van der Waals surface area contributed by atoms with Gasteiger partial charge in [-0.25, -0.2) is 14.5 Å². The van der Waals surface area contributed by atoms with Crippen LogP contribution in [-0.2, 0) is 0 Å². The highest BCUT2D eigenvalue weighted by Gasteiger charge is 2.09. The Hall–Kier alpha value is -2.69. The van der Waals surface area contributed by atoms with Crippen molar-refractivity contribution in [2.24, 2.45) is 0 Å². The lowest BCUT2D eigenvalue weighted by atomic mass is 10.1. The fraction of sp³-hybridized carbons (Fsp3) is 0. The van der Waals surface area contributed by atoms with Crippen LogP contribution >= 0.6 is 0 Å². The van der Waals surface area contributed by atoms with Crippen molar-refractivity contribution >= 4 is 16.7 Å². The van der Waals surface area contributed by atoms with Crippen molar-refractivity contribution in [3.63, 3.8) is 0 Å². The summed E-state index contributed by atoms with van der Waals surface area (Å²) in [4.78, 5) is 11.9. The van der Waals surface area contributed by atoms with Crippen LogP contribution in [0.3, 0.4) is 0 Å². The molecule has 0 amide bonds. The highest BCUT2D eigenvalue weighted by atomic mass is 15.2. The molecule has 0 aliphatic rings. The monoisotopic (exact) mass is 235 g/mol. The molecule has 4 aromatic heterocycles. The highest BCUT2D eigenvalue weighted by Crippen LogP contribution is 2.25. The molecule has 4 heterocycles. The third-order valence-electron chi connectivity index (χ3n) is 2.97. The van der Waals surface area contributed by atoms with E-state index in [2.05, 4.69) is 20.1 Å². The van der Waals surface area contributed by atoms with Gasteiger partial charge in [-0.2, -0.15) is 5.10 Å². The Labute approximate surface area is 102 Å².